The zero-order valence-corrected chi connectivity index (χ0v) is 17.5. The Hall–Kier alpha value is -2.73. The summed E-state index contributed by atoms with van der Waals surface area (Å²) < 4.78 is 16.7. The van der Waals surface area contributed by atoms with Gasteiger partial charge < -0.3 is 19.1 Å². The molecule has 1 saturated heterocycles. The van der Waals surface area contributed by atoms with E-state index in [0.29, 0.717) is 19.7 Å². The second-order valence-corrected chi connectivity index (χ2v) is 7.18. The zero-order valence-electron chi connectivity index (χ0n) is 17.5. The molecule has 1 amide bonds. The Balaban J connectivity index is 1.47. The number of ether oxygens (including phenoxy) is 3. The van der Waals surface area contributed by atoms with Crippen LogP contribution in [0, 0.1) is 6.92 Å². The Bertz CT molecular complexity index is 816. The minimum Gasteiger partial charge on any atom is -0.493 e. The predicted molar refractivity (Wildman–Crippen MR) is 113 cm³/mol. The molecule has 1 aliphatic rings. The molecule has 0 spiro atoms. The Morgan fingerprint density at radius 2 is 1.79 bits per heavy atom. The topological polar surface area (TPSA) is 51.2 Å². The number of carbonyl (C=O) groups excluding carboxylic acids is 1. The third-order valence-corrected chi connectivity index (χ3v) is 5.01. The monoisotopic (exact) mass is 398 g/mol. The fourth-order valence-corrected chi connectivity index (χ4v) is 3.44. The fraction of sp³-hybridized carbons (Fsp3) is 0.435. The van der Waals surface area contributed by atoms with Crippen molar-refractivity contribution in [2.45, 2.75) is 20.4 Å². The van der Waals surface area contributed by atoms with Crippen molar-refractivity contribution in [2.75, 3.05) is 46.5 Å². The summed E-state index contributed by atoms with van der Waals surface area (Å²) in [6, 6.07) is 13.8. The summed E-state index contributed by atoms with van der Waals surface area (Å²) in [5.41, 5.74) is 2.30. The smallest absolute Gasteiger partial charge is 0.260 e. The molecule has 6 heteroatoms. The number of carbonyl (C=O) groups is 1. The number of hydrogen-bond donors (Lipinski definition) is 0. The van der Waals surface area contributed by atoms with Crippen molar-refractivity contribution in [2.24, 2.45) is 0 Å². The van der Waals surface area contributed by atoms with Crippen LogP contribution in [-0.4, -0.2) is 62.2 Å². The van der Waals surface area contributed by atoms with Crippen LogP contribution in [0.25, 0.3) is 0 Å². The third-order valence-electron chi connectivity index (χ3n) is 5.01. The summed E-state index contributed by atoms with van der Waals surface area (Å²) in [6.07, 6.45) is 0. The van der Waals surface area contributed by atoms with Gasteiger partial charge in [-0.1, -0.05) is 18.2 Å². The van der Waals surface area contributed by atoms with Gasteiger partial charge in [0.15, 0.2) is 18.1 Å². The van der Waals surface area contributed by atoms with Crippen molar-refractivity contribution in [3.63, 3.8) is 0 Å². The van der Waals surface area contributed by atoms with E-state index in [1.165, 1.54) is 5.56 Å². The number of aryl methyl sites for hydroxylation is 1. The molecule has 0 aromatic heterocycles. The van der Waals surface area contributed by atoms with Crippen LogP contribution in [0.5, 0.6) is 17.2 Å². The summed E-state index contributed by atoms with van der Waals surface area (Å²) in [4.78, 5) is 16.7. The van der Waals surface area contributed by atoms with Crippen LogP contribution in [0.1, 0.15) is 18.1 Å². The second kappa shape index (κ2) is 10.2. The highest BCUT2D eigenvalue weighted by atomic mass is 16.5. The van der Waals surface area contributed by atoms with Crippen molar-refractivity contribution in [3.05, 3.63) is 53.6 Å². The van der Waals surface area contributed by atoms with E-state index in [1.807, 2.05) is 55.1 Å². The van der Waals surface area contributed by atoms with Gasteiger partial charge in [-0.25, -0.2) is 0 Å². The lowest BCUT2D eigenvalue weighted by Crippen LogP contribution is -2.49. The molecule has 0 radical (unpaired) electrons. The Labute approximate surface area is 173 Å². The molecule has 0 bridgehead atoms. The summed E-state index contributed by atoms with van der Waals surface area (Å²) in [6.45, 7) is 8.59. The number of benzene rings is 2. The molecular weight excluding hydrogens is 368 g/mol. The predicted octanol–water partition coefficient (Wildman–Crippen LogP) is 3.13. The van der Waals surface area contributed by atoms with Gasteiger partial charge in [-0.3, -0.25) is 9.69 Å². The van der Waals surface area contributed by atoms with Crippen LogP contribution in [0.4, 0.5) is 0 Å². The first-order valence-corrected chi connectivity index (χ1v) is 10.1. The second-order valence-electron chi connectivity index (χ2n) is 7.18. The summed E-state index contributed by atoms with van der Waals surface area (Å²) in [7, 11) is 1.65. The highest BCUT2D eigenvalue weighted by Gasteiger charge is 2.21. The average molecular weight is 399 g/mol. The van der Waals surface area contributed by atoms with Gasteiger partial charge in [0, 0.05) is 32.7 Å². The lowest BCUT2D eigenvalue weighted by Gasteiger charge is -2.34. The summed E-state index contributed by atoms with van der Waals surface area (Å²) in [5.74, 6) is 2.30. The lowest BCUT2D eigenvalue weighted by atomic mass is 10.1. The number of nitrogens with zero attached hydrogens (tertiary/aromatic N) is 2. The Morgan fingerprint density at radius 3 is 2.48 bits per heavy atom. The van der Waals surface area contributed by atoms with Crippen LogP contribution in [0.15, 0.2) is 42.5 Å². The van der Waals surface area contributed by atoms with Crippen molar-refractivity contribution >= 4 is 5.91 Å². The number of hydrogen-bond acceptors (Lipinski definition) is 5. The standard InChI is InChI=1S/C23H30N2O4/c1-4-28-22-15-19(8-9-21(22)27-3)16-24-10-12-25(13-11-24)23(26)17-29-20-7-5-6-18(2)14-20/h5-9,14-15H,4,10-13,16-17H2,1-3H3. The van der Waals surface area contributed by atoms with Gasteiger partial charge in [0.25, 0.3) is 5.91 Å². The molecule has 0 N–H and O–H groups in total. The lowest BCUT2D eigenvalue weighted by molar-refractivity contribution is -0.135. The van der Waals surface area contributed by atoms with Gasteiger partial charge in [-0.2, -0.15) is 0 Å². The molecule has 1 aliphatic heterocycles. The van der Waals surface area contributed by atoms with Crippen LogP contribution in [0.2, 0.25) is 0 Å². The van der Waals surface area contributed by atoms with Gasteiger partial charge in [-0.15, -0.1) is 0 Å². The number of amides is 1. The minimum absolute atomic E-state index is 0.0363. The zero-order chi connectivity index (χ0) is 20.6. The van der Waals surface area contributed by atoms with E-state index < -0.39 is 0 Å². The van der Waals surface area contributed by atoms with Gasteiger partial charge in [0.2, 0.25) is 0 Å². The van der Waals surface area contributed by atoms with Crippen molar-refractivity contribution < 1.29 is 19.0 Å². The molecule has 29 heavy (non-hydrogen) atoms. The van der Waals surface area contributed by atoms with E-state index in [-0.39, 0.29) is 12.5 Å². The van der Waals surface area contributed by atoms with Gasteiger partial charge in [0.05, 0.1) is 13.7 Å². The van der Waals surface area contributed by atoms with Gasteiger partial charge in [0.1, 0.15) is 5.75 Å². The number of rotatable bonds is 8. The molecular formula is C23H30N2O4. The first-order valence-electron chi connectivity index (χ1n) is 10.1. The molecule has 2 aromatic rings. The number of methoxy groups -OCH3 is 1. The third kappa shape index (κ3) is 5.87. The van der Waals surface area contributed by atoms with E-state index >= 15 is 0 Å². The van der Waals surface area contributed by atoms with Crippen molar-refractivity contribution in [1.29, 1.82) is 0 Å². The minimum atomic E-state index is 0.0363. The normalized spacial score (nSPS) is 14.5. The highest BCUT2D eigenvalue weighted by Crippen LogP contribution is 2.28. The maximum absolute atomic E-state index is 12.5. The van der Waals surface area contributed by atoms with E-state index in [1.54, 1.807) is 7.11 Å². The molecule has 1 heterocycles. The first-order chi connectivity index (χ1) is 14.1. The van der Waals surface area contributed by atoms with Crippen molar-refractivity contribution in [3.8, 4) is 17.2 Å². The first kappa shape index (κ1) is 21.0. The van der Waals surface area contributed by atoms with E-state index in [9.17, 15) is 4.79 Å². The molecule has 0 aliphatic carbocycles. The van der Waals surface area contributed by atoms with Crippen LogP contribution in [-0.2, 0) is 11.3 Å². The van der Waals surface area contributed by atoms with Crippen LogP contribution in [0.3, 0.4) is 0 Å². The maximum atomic E-state index is 12.5. The SMILES string of the molecule is CCOc1cc(CN2CCN(C(=O)COc3cccc(C)c3)CC2)ccc1OC. The Kier molecular flexibility index (Phi) is 7.36. The average Bonchev–Trinajstić information content (AvgIpc) is 2.73. The quantitative estimate of drug-likeness (QED) is 0.684. The molecule has 1 fully saturated rings. The van der Waals surface area contributed by atoms with Crippen LogP contribution < -0.4 is 14.2 Å². The molecule has 0 saturated carbocycles. The fourth-order valence-electron chi connectivity index (χ4n) is 3.44. The van der Waals surface area contributed by atoms with Crippen LogP contribution >= 0.6 is 0 Å². The summed E-state index contributed by atoms with van der Waals surface area (Å²) >= 11 is 0. The molecule has 3 rings (SSSR count). The largest absolute Gasteiger partial charge is 0.493 e. The van der Waals surface area contributed by atoms with Crippen molar-refractivity contribution in [1.82, 2.24) is 9.80 Å². The highest BCUT2D eigenvalue weighted by molar-refractivity contribution is 5.77. The molecule has 6 nitrogen and oxygen atoms in total. The molecule has 156 valence electrons. The van der Waals surface area contributed by atoms with E-state index in [0.717, 1.165) is 42.4 Å². The number of piperazine rings is 1. The molecule has 2 aromatic carbocycles. The maximum Gasteiger partial charge on any atom is 0.260 e. The van der Waals surface area contributed by atoms with E-state index in [2.05, 4.69) is 11.0 Å². The van der Waals surface area contributed by atoms with E-state index in [4.69, 9.17) is 14.2 Å². The molecule has 0 atom stereocenters. The van der Waals surface area contributed by atoms with Gasteiger partial charge >= 0.3 is 0 Å². The molecule has 0 unspecified atom stereocenters. The Morgan fingerprint density at radius 1 is 1.00 bits per heavy atom. The summed E-state index contributed by atoms with van der Waals surface area (Å²) in [5, 5.41) is 0. The van der Waals surface area contributed by atoms with Gasteiger partial charge in [-0.05, 0) is 49.2 Å².